The summed E-state index contributed by atoms with van der Waals surface area (Å²) in [4.78, 5) is 11.9. The first-order chi connectivity index (χ1) is 9.20. The molecule has 2 rings (SSSR count). The average molecular weight is 254 g/mol. The molecule has 0 radical (unpaired) electrons. The lowest BCUT2D eigenvalue weighted by molar-refractivity contribution is 0.0950. The van der Waals surface area contributed by atoms with Crippen molar-refractivity contribution in [1.82, 2.24) is 5.32 Å². The summed E-state index contributed by atoms with van der Waals surface area (Å²) < 4.78 is 13.4. The molecule has 0 saturated carbocycles. The number of benzene rings is 2. The number of halogens is 1. The Morgan fingerprint density at radius 3 is 2.74 bits per heavy atom. The molecule has 0 saturated heterocycles. The van der Waals surface area contributed by atoms with Crippen LogP contribution in [0.15, 0.2) is 48.5 Å². The van der Waals surface area contributed by atoms with Crippen molar-refractivity contribution in [3.8, 4) is 6.07 Å². The standard InChI is InChI=1S/C15H11FN2O/c16-14-7-2-1-5-13(14)10-18-15(19)12-6-3-4-11(8-12)9-17/h1-8H,10H2,(H,18,19). The molecule has 0 unspecified atom stereocenters. The van der Waals surface area contributed by atoms with Crippen LogP contribution in [0.3, 0.4) is 0 Å². The van der Waals surface area contributed by atoms with E-state index in [0.29, 0.717) is 16.7 Å². The van der Waals surface area contributed by atoms with E-state index in [-0.39, 0.29) is 18.3 Å². The van der Waals surface area contributed by atoms with Crippen LogP contribution in [0.25, 0.3) is 0 Å². The van der Waals surface area contributed by atoms with Crippen LogP contribution in [0.4, 0.5) is 4.39 Å². The van der Waals surface area contributed by atoms with Crippen LogP contribution in [0.2, 0.25) is 0 Å². The van der Waals surface area contributed by atoms with Gasteiger partial charge in [-0.05, 0) is 24.3 Å². The second kappa shape index (κ2) is 5.78. The molecular weight excluding hydrogens is 243 g/mol. The van der Waals surface area contributed by atoms with Gasteiger partial charge in [0.05, 0.1) is 11.6 Å². The van der Waals surface area contributed by atoms with Crippen LogP contribution in [0.1, 0.15) is 21.5 Å². The van der Waals surface area contributed by atoms with Gasteiger partial charge < -0.3 is 5.32 Å². The molecule has 0 aromatic heterocycles. The van der Waals surface area contributed by atoms with Crippen LogP contribution in [0.5, 0.6) is 0 Å². The third-order valence-electron chi connectivity index (χ3n) is 2.65. The third kappa shape index (κ3) is 3.17. The molecule has 1 N–H and O–H groups in total. The summed E-state index contributed by atoms with van der Waals surface area (Å²) in [5.74, 6) is -0.686. The van der Waals surface area contributed by atoms with Crippen LogP contribution in [-0.2, 0) is 6.54 Å². The van der Waals surface area contributed by atoms with Gasteiger partial charge in [0.1, 0.15) is 5.82 Å². The average Bonchev–Trinajstić information content (AvgIpc) is 2.46. The largest absolute Gasteiger partial charge is 0.348 e. The normalized spacial score (nSPS) is 9.68. The second-order valence-corrected chi connectivity index (χ2v) is 3.97. The number of rotatable bonds is 3. The Morgan fingerprint density at radius 1 is 1.21 bits per heavy atom. The lowest BCUT2D eigenvalue weighted by Crippen LogP contribution is -2.23. The zero-order chi connectivity index (χ0) is 13.7. The molecule has 0 heterocycles. The predicted octanol–water partition coefficient (Wildman–Crippen LogP) is 2.63. The zero-order valence-electron chi connectivity index (χ0n) is 10.1. The number of carbonyl (C=O) groups is 1. The van der Waals surface area contributed by atoms with E-state index in [4.69, 9.17) is 5.26 Å². The van der Waals surface area contributed by atoms with Gasteiger partial charge >= 0.3 is 0 Å². The highest BCUT2D eigenvalue weighted by molar-refractivity contribution is 5.94. The van der Waals surface area contributed by atoms with E-state index in [1.807, 2.05) is 6.07 Å². The van der Waals surface area contributed by atoms with E-state index in [1.54, 1.807) is 36.4 Å². The monoisotopic (exact) mass is 254 g/mol. The maximum atomic E-state index is 13.4. The molecule has 0 fully saturated rings. The smallest absolute Gasteiger partial charge is 0.251 e. The minimum atomic E-state index is -0.353. The molecule has 2 aromatic rings. The Bertz CT molecular complexity index is 647. The van der Waals surface area contributed by atoms with Gasteiger partial charge in [0, 0.05) is 17.7 Å². The molecule has 19 heavy (non-hydrogen) atoms. The number of amides is 1. The van der Waals surface area contributed by atoms with Crippen molar-refractivity contribution in [2.45, 2.75) is 6.54 Å². The zero-order valence-corrected chi connectivity index (χ0v) is 10.1. The molecule has 0 aliphatic rings. The number of carbonyl (C=O) groups excluding carboxylic acids is 1. The van der Waals surface area contributed by atoms with Crippen molar-refractivity contribution < 1.29 is 9.18 Å². The summed E-state index contributed by atoms with van der Waals surface area (Å²) in [6.07, 6.45) is 0. The van der Waals surface area contributed by atoms with Crippen molar-refractivity contribution in [3.63, 3.8) is 0 Å². The van der Waals surface area contributed by atoms with Crippen LogP contribution in [0, 0.1) is 17.1 Å². The molecule has 4 heteroatoms. The van der Waals surface area contributed by atoms with Crippen molar-refractivity contribution in [2.24, 2.45) is 0 Å². The van der Waals surface area contributed by atoms with E-state index >= 15 is 0 Å². The maximum Gasteiger partial charge on any atom is 0.251 e. The fourth-order valence-electron chi connectivity index (χ4n) is 1.65. The SMILES string of the molecule is N#Cc1cccc(C(=O)NCc2ccccc2F)c1. The Kier molecular flexibility index (Phi) is 3.89. The minimum absolute atomic E-state index is 0.113. The van der Waals surface area contributed by atoms with E-state index in [1.165, 1.54) is 12.1 Å². The lowest BCUT2D eigenvalue weighted by atomic mass is 10.1. The summed E-state index contributed by atoms with van der Waals surface area (Å²) in [5.41, 5.74) is 1.22. The number of hydrogen-bond acceptors (Lipinski definition) is 2. The highest BCUT2D eigenvalue weighted by Gasteiger charge is 2.07. The van der Waals surface area contributed by atoms with Crippen molar-refractivity contribution in [3.05, 3.63) is 71.0 Å². The number of nitriles is 1. The quantitative estimate of drug-likeness (QED) is 0.915. The van der Waals surface area contributed by atoms with Crippen molar-refractivity contribution >= 4 is 5.91 Å². The van der Waals surface area contributed by atoms with Gasteiger partial charge in [0.25, 0.3) is 5.91 Å². The van der Waals surface area contributed by atoms with Gasteiger partial charge in [-0.25, -0.2) is 4.39 Å². The number of hydrogen-bond donors (Lipinski definition) is 1. The molecule has 0 atom stereocenters. The van der Waals surface area contributed by atoms with Gasteiger partial charge in [-0.15, -0.1) is 0 Å². The van der Waals surface area contributed by atoms with E-state index in [2.05, 4.69) is 5.32 Å². The lowest BCUT2D eigenvalue weighted by Gasteiger charge is -2.06. The van der Waals surface area contributed by atoms with E-state index in [9.17, 15) is 9.18 Å². The summed E-state index contributed by atoms with van der Waals surface area (Å²) in [7, 11) is 0. The Hall–Kier alpha value is -2.67. The summed E-state index contributed by atoms with van der Waals surface area (Å²) in [6, 6.07) is 14.6. The highest BCUT2D eigenvalue weighted by atomic mass is 19.1. The van der Waals surface area contributed by atoms with Gasteiger partial charge in [-0.1, -0.05) is 24.3 Å². The van der Waals surface area contributed by atoms with Gasteiger partial charge in [-0.3, -0.25) is 4.79 Å². The van der Waals surface area contributed by atoms with Gasteiger partial charge in [0.2, 0.25) is 0 Å². The second-order valence-electron chi connectivity index (χ2n) is 3.97. The molecule has 0 bridgehead atoms. The molecular formula is C15H11FN2O. The van der Waals surface area contributed by atoms with E-state index in [0.717, 1.165) is 0 Å². The topological polar surface area (TPSA) is 52.9 Å². The highest BCUT2D eigenvalue weighted by Crippen LogP contribution is 2.07. The number of nitrogens with zero attached hydrogens (tertiary/aromatic N) is 1. The molecule has 0 aliphatic heterocycles. The fourth-order valence-corrected chi connectivity index (χ4v) is 1.65. The van der Waals surface area contributed by atoms with Crippen molar-refractivity contribution in [2.75, 3.05) is 0 Å². The minimum Gasteiger partial charge on any atom is -0.348 e. The molecule has 2 aromatic carbocycles. The molecule has 3 nitrogen and oxygen atoms in total. The van der Waals surface area contributed by atoms with Crippen LogP contribution >= 0.6 is 0 Å². The van der Waals surface area contributed by atoms with Gasteiger partial charge in [-0.2, -0.15) is 5.26 Å². The summed E-state index contributed by atoms with van der Waals surface area (Å²) in [6.45, 7) is 0.113. The van der Waals surface area contributed by atoms with Crippen LogP contribution in [-0.4, -0.2) is 5.91 Å². The third-order valence-corrected chi connectivity index (χ3v) is 2.65. The first-order valence-electron chi connectivity index (χ1n) is 5.72. The van der Waals surface area contributed by atoms with Gasteiger partial charge in [0.15, 0.2) is 0 Å². The summed E-state index contributed by atoms with van der Waals surface area (Å²) >= 11 is 0. The Morgan fingerprint density at radius 2 is 2.00 bits per heavy atom. The molecule has 1 amide bonds. The molecule has 0 spiro atoms. The van der Waals surface area contributed by atoms with Crippen LogP contribution < -0.4 is 5.32 Å². The maximum absolute atomic E-state index is 13.4. The summed E-state index contributed by atoms with van der Waals surface area (Å²) in [5, 5.41) is 11.4. The molecule has 94 valence electrons. The first-order valence-corrected chi connectivity index (χ1v) is 5.72. The first kappa shape index (κ1) is 12.8. The molecule has 0 aliphatic carbocycles. The predicted molar refractivity (Wildman–Crippen MR) is 68.7 cm³/mol. The fraction of sp³-hybridized carbons (Fsp3) is 0.0667. The van der Waals surface area contributed by atoms with Crippen molar-refractivity contribution in [1.29, 1.82) is 5.26 Å². The Labute approximate surface area is 110 Å². The number of nitrogens with one attached hydrogen (secondary N) is 1. The Balaban J connectivity index is 2.06. The van der Waals surface area contributed by atoms with E-state index < -0.39 is 0 Å².